The van der Waals surface area contributed by atoms with Crippen LogP contribution < -0.4 is 16.0 Å². The van der Waals surface area contributed by atoms with Crippen LogP contribution in [0, 0.1) is 17.2 Å². The van der Waals surface area contributed by atoms with E-state index in [1.54, 1.807) is 68.4 Å². The van der Waals surface area contributed by atoms with Crippen molar-refractivity contribution in [2.75, 3.05) is 17.2 Å². The second-order valence-corrected chi connectivity index (χ2v) is 15.9. The average Bonchev–Trinajstić information content (AvgIpc) is 3.46. The standard InChI is InChI=1S/C40H42FN3O5S2/c1-6-49-39(48)34-30-20-19-27(40(3,4)5)22-33(30)51-38(34)44-35(45)24(2)50-29-17-12-16-28(23-29)42-37(47)32(21-26-15-10-11-18-31(26)41)43-36(46)25-13-8-7-9-14-25/h7-18,21,23-24,27H,6,19-20,22H2,1-5H3,(H,42,47)(H,43,46)(H,44,45)/b32-21-. The van der Waals surface area contributed by atoms with Gasteiger partial charge in [-0.3, -0.25) is 14.4 Å². The first-order chi connectivity index (χ1) is 24.3. The van der Waals surface area contributed by atoms with E-state index in [1.807, 2.05) is 6.07 Å². The lowest BCUT2D eigenvalue weighted by atomic mass is 9.72. The number of thiophene rings is 1. The van der Waals surface area contributed by atoms with Gasteiger partial charge >= 0.3 is 5.97 Å². The molecule has 4 aromatic rings. The highest BCUT2D eigenvalue weighted by Gasteiger charge is 2.35. The molecule has 2 atom stereocenters. The number of nitrogens with one attached hydrogen (secondary N) is 3. The molecule has 51 heavy (non-hydrogen) atoms. The number of carbonyl (C=O) groups excluding carboxylic acids is 4. The van der Waals surface area contributed by atoms with Gasteiger partial charge in [0.25, 0.3) is 11.8 Å². The van der Waals surface area contributed by atoms with Crippen LogP contribution in [-0.2, 0) is 27.2 Å². The van der Waals surface area contributed by atoms with E-state index in [2.05, 4.69) is 36.7 Å². The lowest BCUT2D eigenvalue weighted by Crippen LogP contribution is -2.30. The van der Waals surface area contributed by atoms with Crippen LogP contribution in [0.5, 0.6) is 0 Å². The van der Waals surface area contributed by atoms with Crippen LogP contribution in [-0.4, -0.2) is 35.5 Å². The van der Waals surface area contributed by atoms with E-state index in [9.17, 15) is 23.6 Å². The van der Waals surface area contributed by atoms with Crippen LogP contribution in [0.15, 0.2) is 89.5 Å². The number of esters is 1. The molecule has 0 bridgehead atoms. The van der Waals surface area contributed by atoms with Crippen molar-refractivity contribution in [2.45, 2.75) is 64.0 Å². The minimum absolute atomic E-state index is 0.127. The van der Waals surface area contributed by atoms with Crippen molar-refractivity contribution >= 4 is 63.6 Å². The summed E-state index contributed by atoms with van der Waals surface area (Å²) in [5.74, 6) is -1.96. The molecule has 2 unspecified atom stereocenters. The number of benzene rings is 3. The summed E-state index contributed by atoms with van der Waals surface area (Å²) >= 11 is 2.74. The summed E-state index contributed by atoms with van der Waals surface area (Å²) in [6.45, 7) is 10.5. The molecule has 0 fully saturated rings. The number of ether oxygens (including phenoxy) is 1. The Bertz CT molecular complexity index is 1950. The molecule has 0 saturated carbocycles. The summed E-state index contributed by atoms with van der Waals surface area (Å²) in [5, 5.41) is 8.36. The molecular formula is C40H42FN3O5S2. The Morgan fingerprint density at radius 2 is 1.73 bits per heavy atom. The average molecular weight is 728 g/mol. The third kappa shape index (κ3) is 9.53. The molecule has 8 nitrogen and oxygen atoms in total. The summed E-state index contributed by atoms with van der Waals surface area (Å²) in [6.07, 6.45) is 3.86. The molecule has 0 aliphatic heterocycles. The molecule has 1 aromatic heterocycles. The molecule has 1 aliphatic rings. The molecule has 1 aliphatic carbocycles. The Kier molecular flexibility index (Phi) is 12.2. The highest BCUT2D eigenvalue weighted by atomic mass is 32.2. The van der Waals surface area contributed by atoms with Crippen molar-refractivity contribution in [3.05, 3.63) is 118 Å². The molecule has 5 rings (SSSR count). The highest BCUT2D eigenvalue weighted by molar-refractivity contribution is 8.00. The van der Waals surface area contributed by atoms with Gasteiger partial charge in [-0.2, -0.15) is 0 Å². The number of fused-ring (bicyclic) bond motifs is 1. The van der Waals surface area contributed by atoms with Crippen molar-refractivity contribution in [1.29, 1.82) is 0 Å². The Hall–Kier alpha value is -4.74. The molecule has 3 aromatic carbocycles. The predicted molar refractivity (Wildman–Crippen MR) is 203 cm³/mol. The van der Waals surface area contributed by atoms with Crippen LogP contribution in [0.25, 0.3) is 6.08 Å². The van der Waals surface area contributed by atoms with Gasteiger partial charge in [0.05, 0.1) is 17.4 Å². The van der Waals surface area contributed by atoms with E-state index in [0.717, 1.165) is 29.7 Å². The summed E-state index contributed by atoms with van der Waals surface area (Å²) < 4.78 is 19.9. The number of thioether (sulfide) groups is 1. The van der Waals surface area contributed by atoms with Gasteiger partial charge in [-0.1, -0.05) is 63.2 Å². The molecule has 0 spiro atoms. The maximum Gasteiger partial charge on any atom is 0.341 e. The Morgan fingerprint density at radius 1 is 1.00 bits per heavy atom. The molecule has 3 amide bonds. The first-order valence-corrected chi connectivity index (χ1v) is 18.6. The maximum atomic E-state index is 14.5. The molecular weight excluding hydrogens is 686 g/mol. The van der Waals surface area contributed by atoms with Crippen molar-refractivity contribution in [1.82, 2.24) is 5.32 Å². The van der Waals surface area contributed by atoms with Crippen LogP contribution in [0.1, 0.15) is 77.8 Å². The number of anilines is 2. The van der Waals surface area contributed by atoms with Crippen molar-refractivity contribution in [3.8, 4) is 0 Å². The fourth-order valence-corrected chi connectivity index (χ4v) is 8.08. The second kappa shape index (κ2) is 16.5. The van der Waals surface area contributed by atoms with E-state index < -0.39 is 28.9 Å². The summed E-state index contributed by atoms with van der Waals surface area (Å²) in [7, 11) is 0. The van der Waals surface area contributed by atoms with Gasteiger partial charge in [-0.15, -0.1) is 23.1 Å². The predicted octanol–water partition coefficient (Wildman–Crippen LogP) is 8.74. The van der Waals surface area contributed by atoms with E-state index in [4.69, 9.17) is 4.74 Å². The first kappa shape index (κ1) is 37.5. The zero-order valence-electron chi connectivity index (χ0n) is 29.3. The van der Waals surface area contributed by atoms with Crippen LogP contribution in [0.4, 0.5) is 15.1 Å². The van der Waals surface area contributed by atoms with Crippen molar-refractivity contribution in [3.63, 3.8) is 0 Å². The number of hydrogen-bond donors (Lipinski definition) is 3. The third-order valence-electron chi connectivity index (χ3n) is 8.71. The largest absolute Gasteiger partial charge is 0.462 e. The van der Waals surface area contributed by atoms with Crippen molar-refractivity contribution in [2.24, 2.45) is 11.3 Å². The minimum atomic E-state index is -0.655. The van der Waals surface area contributed by atoms with Gasteiger partial charge in [-0.25, -0.2) is 9.18 Å². The van der Waals surface area contributed by atoms with E-state index >= 15 is 0 Å². The van der Waals surface area contributed by atoms with Gasteiger partial charge in [0, 0.05) is 26.6 Å². The number of carbonyl (C=O) groups is 4. The summed E-state index contributed by atoms with van der Waals surface area (Å²) in [5.41, 5.74) is 2.29. The van der Waals surface area contributed by atoms with Gasteiger partial charge in [-0.05, 0) is 92.5 Å². The molecule has 1 heterocycles. The Labute approximate surface area is 306 Å². The Balaban J connectivity index is 1.30. The number of halogens is 1. The van der Waals surface area contributed by atoms with E-state index in [1.165, 1.54) is 47.4 Å². The first-order valence-electron chi connectivity index (χ1n) is 16.9. The normalized spacial score (nSPS) is 14.9. The molecule has 0 radical (unpaired) electrons. The van der Waals surface area contributed by atoms with E-state index in [-0.39, 0.29) is 29.2 Å². The van der Waals surface area contributed by atoms with Crippen molar-refractivity contribution < 1.29 is 28.3 Å². The molecule has 3 N–H and O–H groups in total. The SMILES string of the molecule is CCOC(=O)c1c(NC(=O)C(C)Sc2cccc(NC(=O)/C(=C/c3ccccc3F)NC(=O)c3ccccc3)c2)sc2c1CCC(C(C)(C)C)C2. The second-order valence-electron chi connectivity index (χ2n) is 13.4. The zero-order chi connectivity index (χ0) is 36.7. The zero-order valence-corrected chi connectivity index (χ0v) is 30.9. The quantitative estimate of drug-likeness (QED) is 0.0809. The fraction of sp³-hybridized carbons (Fsp3) is 0.300. The lowest BCUT2D eigenvalue weighted by molar-refractivity contribution is -0.115. The van der Waals surface area contributed by atoms with Crippen LogP contribution >= 0.6 is 23.1 Å². The van der Waals surface area contributed by atoms with Gasteiger partial charge in [0.15, 0.2) is 0 Å². The van der Waals surface area contributed by atoms with Gasteiger partial charge < -0.3 is 20.7 Å². The highest BCUT2D eigenvalue weighted by Crippen LogP contribution is 2.44. The summed E-state index contributed by atoms with van der Waals surface area (Å²) in [6, 6.07) is 21.3. The maximum absolute atomic E-state index is 14.5. The van der Waals surface area contributed by atoms with Gasteiger partial charge in [0.2, 0.25) is 5.91 Å². The van der Waals surface area contributed by atoms with Gasteiger partial charge in [0.1, 0.15) is 16.5 Å². The summed E-state index contributed by atoms with van der Waals surface area (Å²) in [4.78, 5) is 54.9. The molecule has 266 valence electrons. The third-order valence-corrected chi connectivity index (χ3v) is 11.0. The number of amides is 3. The number of rotatable bonds is 11. The number of hydrogen-bond acceptors (Lipinski definition) is 7. The topological polar surface area (TPSA) is 114 Å². The molecule has 11 heteroatoms. The minimum Gasteiger partial charge on any atom is -0.462 e. The Morgan fingerprint density at radius 3 is 2.43 bits per heavy atom. The smallest absolute Gasteiger partial charge is 0.341 e. The van der Waals surface area contributed by atoms with Crippen LogP contribution in [0.3, 0.4) is 0 Å². The van der Waals surface area contributed by atoms with Crippen LogP contribution in [0.2, 0.25) is 0 Å². The monoisotopic (exact) mass is 727 g/mol. The fourth-order valence-electron chi connectivity index (χ4n) is 5.84. The molecule has 0 saturated heterocycles. The van der Waals surface area contributed by atoms with E-state index in [0.29, 0.717) is 32.6 Å². The lowest BCUT2D eigenvalue weighted by Gasteiger charge is -2.33.